The van der Waals surface area contributed by atoms with Crippen molar-refractivity contribution in [3.8, 4) is 21.9 Å². The number of nitrogens with zero attached hydrogens (tertiary/aromatic N) is 1. The second-order valence-electron chi connectivity index (χ2n) is 6.08. The maximum Gasteiger partial charge on any atom is 0.339 e. The van der Waals surface area contributed by atoms with Gasteiger partial charge in [0.05, 0.1) is 23.6 Å². The molecule has 1 aliphatic rings. The summed E-state index contributed by atoms with van der Waals surface area (Å²) >= 11 is -1.39. The standard InChI is InChI=1S/C19H15NO6S2/c21-15-10-13(2-3-14(15)19(22)23)20(28(24)25)18-6-5-17(27-18)12-1-4-16-11(9-12)7-8-26-16/h1-6,9-10,21H,7-8H2,(H,22,23)(H,24,25)/p-1. The minimum absolute atomic E-state index is 0.145. The van der Waals surface area contributed by atoms with E-state index in [2.05, 4.69) is 0 Å². The van der Waals surface area contributed by atoms with Gasteiger partial charge >= 0.3 is 5.97 Å². The first-order valence-electron chi connectivity index (χ1n) is 8.26. The third-order valence-corrected chi connectivity index (χ3v) is 6.30. The molecule has 0 saturated heterocycles. The summed E-state index contributed by atoms with van der Waals surface area (Å²) in [6.45, 7) is 0.660. The molecule has 0 radical (unpaired) electrons. The molecule has 0 fully saturated rings. The van der Waals surface area contributed by atoms with E-state index < -0.39 is 23.0 Å². The summed E-state index contributed by atoms with van der Waals surface area (Å²) in [7, 11) is 0. The molecule has 0 amide bonds. The van der Waals surface area contributed by atoms with Crippen molar-refractivity contribution in [1.82, 2.24) is 0 Å². The van der Waals surface area contributed by atoms with Crippen LogP contribution < -0.4 is 9.04 Å². The highest BCUT2D eigenvalue weighted by atomic mass is 32.2. The number of benzene rings is 2. The first-order valence-corrected chi connectivity index (χ1v) is 10.1. The van der Waals surface area contributed by atoms with Crippen LogP contribution in [0.2, 0.25) is 0 Å². The van der Waals surface area contributed by atoms with Gasteiger partial charge in [0.15, 0.2) is 0 Å². The first-order chi connectivity index (χ1) is 13.4. The Labute approximate surface area is 166 Å². The summed E-state index contributed by atoms with van der Waals surface area (Å²) in [5, 5.41) is 19.3. The lowest BCUT2D eigenvalue weighted by Crippen LogP contribution is -2.18. The second-order valence-corrected chi connectivity index (χ2v) is 7.94. The predicted molar refractivity (Wildman–Crippen MR) is 105 cm³/mol. The topological polar surface area (TPSA) is 110 Å². The molecule has 0 spiro atoms. The normalized spacial score (nSPS) is 13.6. The monoisotopic (exact) mass is 416 g/mol. The average Bonchev–Trinajstić information content (AvgIpc) is 3.30. The van der Waals surface area contributed by atoms with Gasteiger partial charge in [0.25, 0.3) is 0 Å². The van der Waals surface area contributed by atoms with E-state index in [4.69, 9.17) is 9.84 Å². The van der Waals surface area contributed by atoms with Gasteiger partial charge in [-0.05, 0) is 53.6 Å². The quantitative estimate of drug-likeness (QED) is 0.614. The molecule has 0 saturated carbocycles. The molecular formula is C19H14NO6S2-. The number of phenols is 1. The molecule has 1 unspecified atom stereocenters. The van der Waals surface area contributed by atoms with Crippen molar-refractivity contribution in [3.05, 3.63) is 59.7 Å². The molecule has 7 nitrogen and oxygen atoms in total. The number of aromatic hydroxyl groups is 1. The Balaban J connectivity index is 1.69. The van der Waals surface area contributed by atoms with Crippen LogP contribution in [0.25, 0.3) is 10.4 Å². The van der Waals surface area contributed by atoms with Crippen LogP contribution in [0.15, 0.2) is 48.5 Å². The van der Waals surface area contributed by atoms with Crippen LogP contribution in [0, 0.1) is 0 Å². The summed E-state index contributed by atoms with van der Waals surface area (Å²) in [4.78, 5) is 11.9. The minimum Gasteiger partial charge on any atom is -0.755 e. The maximum absolute atomic E-state index is 11.8. The number of carboxylic acids is 1. The minimum atomic E-state index is -2.66. The van der Waals surface area contributed by atoms with Crippen molar-refractivity contribution < 1.29 is 28.5 Å². The van der Waals surface area contributed by atoms with Crippen LogP contribution in [0.3, 0.4) is 0 Å². The zero-order chi connectivity index (χ0) is 19.8. The number of rotatable bonds is 5. The molecule has 2 N–H and O–H groups in total. The van der Waals surface area contributed by atoms with Crippen LogP contribution >= 0.6 is 11.3 Å². The maximum atomic E-state index is 11.8. The van der Waals surface area contributed by atoms with Crippen LogP contribution in [0.4, 0.5) is 10.7 Å². The van der Waals surface area contributed by atoms with Crippen molar-refractivity contribution in [2.75, 3.05) is 10.9 Å². The van der Waals surface area contributed by atoms with E-state index in [0.29, 0.717) is 11.6 Å². The van der Waals surface area contributed by atoms with E-state index in [1.165, 1.54) is 23.5 Å². The summed E-state index contributed by atoms with van der Waals surface area (Å²) in [5.74, 6) is -0.925. The third kappa shape index (κ3) is 3.35. The van der Waals surface area contributed by atoms with Crippen LogP contribution in [0.5, 0.6) is 11.5 Å². The number of anilines is 2. The molecule has 1 atom stereocenters. The Kier molecular flexibility index (Phi) is 4.80. The number of thiophene rings is 1. The molecule has 4 rings (SSSR count). The molecule has 1 aliphatic heterocycles. The zero-order valence-corrected chi connectivity index (χ0v) is 16.0. The van der Waals surface area contributed by atoms with Gasteiger partial charge < -0.3 is 19.5 Å². The third-order valence-electron chi connectivity index (χ3n) is 4.36. The Hall–Kier alpha value is -2.88. The fraction of sp³-hybridized carbons (Fsp3) is 0.105. The van der Waals surface area contributed by atoms with Crippen molar-refractivity contribution in [2.24, 2.45) is 0 Å². The highest BCUT2D eigenvalue weighted by Crippen LogP contribution is 2.40. The number of hydrogen-bond donors (Lipinski definition) is 2. The van der Waals surface area contributed by atoms with E-state index in [-0.39, 0.29) is 11.3 Å². The first kappa shape index (κ1) is 18.5. The number of carbonyl (C=O) groups is 1. The fourth-order valence-electron chi connectivity index (χ4n) is 3.05. The number of aromatic carboxylic acids is 1. The summed E-state index contributed by atoms with van der Waals surface area (Å²) in [6, 6.07) is 13.0. The van der Waals surface area contributed by atoms with E-state index >= 15 is 0 Å². The van der Waals surface area contributed by atoms with Crippen molar-refractivity contribution in [2.45, 2.75) is 6.42 Å². The van der Waals surface area contributed by atoms with Gasteiger partial charge in [-0.1, -0.05) is 0 Å². The molecule has 3 aromatic rings. The molecule has 9 heteroatoms. The van der Waals surface area contributed by atoms with Gasteiger partial charge in [-0.25, -0.2) is 4.79 Å². The number of carboxylic acid groups (broad SMARTS) is 1. The Bertz CT molecular complexity index is 1090. The molecule has 0 aliphatic carbocycles. The number of ether oxygens (including phenoxy) is 1. The van der Waals surface area contributed by atoms with Crippen molar-refractivity contribution in [3.63, 3.8) is 0 Å². The summed E-state index contributed by atoms with van der Waals surface area (Å²) in [6.07, 6.45) is 0.841. The average molecular weight is 416 g/mol. The molecule has 144 valence electrons. The van der Waals surface area contributed by atoms with Gasteiger partial charge in [0.2, 0.25) is 0 Å². The van der Waals surface area contributed by atoms with Gasteiger partial charge in [0, 0.05) is 17.4 Å². The van der Waals surface area contributed by atoms with Crippen LogP contribution in [0.1, 0.15) is 15.9 Å². The largest absolute Gasteiger partial charge is 0.755 e. The van der Waals surface area contributed by atoms with Crippen molar-refractivity contribution >= 4 is 39.3 Å². The van der Waals surface area contributed by atoms with Gasteiger partial charge in [-0.15, -0.1) is 11.3 Å². The predicted octanol–water partition coefficient (Wildman–Crippen LogP) is 3.69. The molecular weight excluding hydrogens is 402 g/mol. The zero-order valence-electron chi connectivity index (χ0n) is 14.3. The SMILES string of the molecule is O=C(O)c1ccc(N(c2ccc(-c3ccc4c(c3)CCO4)s2)S(=O)[O-])cc1O. The highest BCUT2D eigenvalue weighted by Gasteiger charge is 2.18. The van der Waals surface area contributed by atoms with Gasteiger partial charge in [-0.2, -0.15) is 0 Å². The van der Waals surface area contributed by atoms with E-state index in [1.54, 1.807) is 6.07 Å². The highest BCUT2D eigenvalue weighted by molar-refractivity contribution is 7.81. The molecule has 0 bridgehead atoms. The number of hydrogen-bond acceptors (Lipinski definition) is 6. The van der Waals surface area contributed by atoms with Crippen LogP contribution in [-0.2, 0) is 17.7 Å². The summed E-state index contributed by atoms with van der Waals surface area (Å²) in [5.41, 5.74) is 1.92. The number of fused-ring (bicyclic) bond motifs is 1. The van der Waals surface area contributed by atoms with E-state index in [1.807, 2.05) is 24.3 Å². The van der Waals surface area contributed by atoms with Crippen molar-refractivity contribution in [1.29, 1.82) is 0 Å². The van der Waals surface area contributed by atoms with E-state index in [9.17, 15) is 18.7 Å². The lowest BCUT2D eigenvalue weighted by atomic mass is 10.1. The Morgan fingerprint density at radius 2 is 2.00 bits per heavy atom. The summed E-state index contributed by atoms with van der Waals surface area (Å²) < 4.78 is 30.2. The smallest absolute Gasteiger partial charge is 0.339 e. The lowest BCUT2D eigenvalue weighted by Gasteiger charge is -2.25. The Morgan fingerprint density at radius 3 is 2.71 bits per heavy atom. The fourth-order valence-corrected chi connectivity index (χ4v) is 4.76. The molecule has 2 heterocycles. The molecule has 28 heavy (non-hydrogen) atoms. The van der Waals surface area contributed by atoms with Crippen LogP contribution in [-0.4, -0.2) is 31.6 Å². The van der Waals surface area contributed by atoms with E-state index in [0.717, 1.165) is 38.5 Å². The molecule has 2 aromatic carbocycles. The second kappa shape index (κ2) is 7.27. The van der Waals surface area contributed by atoms with Gasteiger partial charge in [0.1, 0.15) is 22.1 Å². The lowest BCUT2D eigenvalue weighted by molar-refractivity contribution is 0.0694. The Morgan fingerprint density at radius 1 is 1.18 bits per heavy atom. The van der Waals surface area contributed by atoms with Gasteiger partial charge in [-0.3, -0.25) is 8.51 Å². The molecule has 1 aromatic heterocycles.